The summed E-state index contributed by atoms with van der Waals surface area (Å²) in [5, 5.41) is 23.4. The summed E-state index contributed by atoms with van der Waals surface area (Å²) in [5.41, 5.74) is 5.80. The molecule has 0 aromatic carbocycles. The molecular formula is C17H28N3O4P. The van der Waals surface area contributed by atoms with Crippen LogP contribution < -0.4 is 11.1 Å². The number of amides is 1. The minimum atomic E-state index is -1.25. The second-order valence-electron chi connectivity index (χ2n) is 7.02. The molecule has 7 nitrogen and oxygen atoms in total. The molecular weight excluding hydrogens is 341 g/mol. The SMILES string of the molecule is C=C1NC(=O)C(/C=C/CN)=CN1[C@@H]1OC(CCP(=C)(C)C)[C@@H](O)[C@H]1O. The van der Waals surface area contributed by atoms with Gasteiger partial charge in [-0.2, -0.15) is 0 Å². The number of nitrogens with one attached hydrogen (secondary N) is 1. The standard InChI is InChI=1S/C17H28N3O4P/c1-11-19-16(23)12(6-5-8-18)10-20(11)17-15(22)14(21)13(24-17)7-9-25(2,3)4/h5-6,10,13-15,17,21-22H,1-2,7-9,18H2,3-4H3,(H,19,23)/b6-5+/t13?,14-,15-,17-/m1/s1. The van der Waals surface area contributed by atoms with Crippen LogP contribution in [0.3, 0.4) is 0 Å². The van der Waals surface area contributed by atoms with E-state index in [2.05, 4.69) is 31.5 Å². The van der Waals surface area contributed by atoms with E-state index in [1.165, 1.54) is 4.90 Å². The lowest BCUT2D eigenvalue weighted by Crippen LogP contribution is -2.47. The largest absolute Gasteiger partial charge is 0.388 e. The lowest BCUT2D eigenvalue weighted by atomic mass is 10.1. The Bertz CT molecular complexity index is 640. The highest BCUT2D eigenvalue weighted by Gasteiger charge is 2.46. The van der Waals surface area contributed by atoms with E-state index >= 15 is 0 Å². The predicted octanol–water partition coefficient (Wildman–Crippen LogP) is -0.166. The fourth-order valence-corrected chi connectivity index (χ4v) is 3.72. The van der Waals surface area contributed by atoms with Crippen LogP contribution in [0, 0.1) is 0 Å². The maximum atomic E-state index is 12.0. The Balaban J connectivity index is 2.17. The van der Waals surface area contributed by atoms with Gasteiger partial charge in [-0.05, 0) is 25.9 Å². The molecule has 4 atom stereocenters. The molecule has 2 aliphatic heterocycles. The third kappa shape index (κ3) is 4.84. The van der Waals surface area contributed by atoms with Crippen molar-refractivity contribution in [1.29, 1.82) is 0 Å². The molecule has 5 N–H and O–H groups in total. The summed E-state index contributed by atoms with van der Waals surface area (Å²) in [6, 6.07) is 0. The quantitative estimate of drug-likeness (QED) is 0.485. The van der Waals surface area contributed by atoms with Crippen molar-refractivity contribution in [3.63, 3.8) is 0 Å². The van der Waals surface area contributed by atoms with Crippen LogP contribution in [0.1, 0.15) is 6.42 Å². The van der Waals surface area contributed by atoms with Crippen LogP contribution in [0.2, 0.25) is 0 Å². The highest BCUT2D eigenvalue weighted by atomic mass is 31.2. The number of carbonyl (C=O) groups is 1. The molecule has 0 aromatic heterocycles. The molecule has 1 fully saturated rings. The topological polar surface area (TPSA) is 108 Å². The Hall–Kier alpha value is -1.37. The Morgan fingerprint density at radius 1 is 1.44 bits per heavy atom. The second-order valence-corrected chi connectivity index (χ2v) is 11.3. The van der Waals surface area contributed by atoms with Crippen molar-refractivity contribution in [3.05, 3.63) is 36.3 Å². The van der Waals surface area contributed by atoms with E-state index in [1.54, 1.807) is 18.4 Å². The van der Waals surface area contributed by atoms with Crippen LogP contribution in [0.4, 0.5) is 0 Å². The number of nitrogens with two attached hydrogens (primary N) is 1. The Morgan fingerprint density at radius 3 is 2.72 bits per heavy atom. The molecule has 0 radical (unpaired) electrons. The molecule has 1 unspecified atom stereocenters. The first-order valence-electron chi connectivity index (χ1n) is 8.20. The summed E-state index contributed by atoms with van der Waals surface area (Å²) in [5.74, 6) is -0.0177. The number of hydrogen-bond donors (Lipinski definition) is 4. The third-order valence-corrected chi connectivity index (χ3v) is 5.64. The van der Waals surface area contributed by atoms with Gasteiger partial charge in [0.25, 0.3) is 5.91 Å². The molecule has 2 rings (SSSR count). The summed E-state index contributed by atoms with van der Waals surface area (Å²) in [4.78, 5) is 13.5. The molecule has 0 aromatic rings. The van der Waals surface area contributed by atoms with E-state index in [9.17, 15) is 15.0 Å². The van der Waals surface area contributed by atoms with Gasteiger partial charge in [0.05, 0.1) is 11.7 Å². The highest BCUT2D eigenvalue weighted by molar-refractivity contribution is 7.72. The maximum absolute atomic E-state index is 12.0. The van der Waals surface area contributed by atoms with Gasteiger partial charge in [-0.1, -0.05) is 18.7 Å². The first kappa shape index (κ1) is 19.9. The van der Waals surface area contributed by atoms with Gasteiger partial charge in [0.15, 0.2) is 6.23 Å². The third-order valence-electron chi connectivity index (χ3n) is 4.17. The van der Waals surface area contributed by atoms with E-state index in [0.717, 1.165) is 6.16 Å². The fraction of sp³-hybridized carbons (Fsp3) is 0.529. The van der Waals surface area contributed by atoms with Crippen LogP contribution in [0.25, 0.3) is 0 Å². The zero-order valence-corrected chi connectivity index (χ0v) is 15.7. The minimum Gasteiger partial charge on any atom is -0.388 e. The average molecular weight is 369 g/mol. The van der Waals surface area contributed by atoms with Gasteiger partial charge in [-0.25, -0.2) is 0 Å². The van der Waals surface area contributed by atoms with Crippen molar-refractivity contribution in [1.82, 2.24) is 10.2 Å². The van der Waals surface area contributed by atoms with E-state index in [0.29, 0.717) is 18.5 Å². The first-order valence-corrected chi connectivity index (χ1v) is 11.3. The number of hydrogen-bond acceptors (Lipinski definition) is 6. The Labute approximate surface area is 148 Å². The van der Waals surface area contributed by atoms with E-state index in [1.807, 2.05) is 0 Å². The molecule has 8 heteroatoms. The van der Waals surface area contributed by atoms with Crippen LogP contribution >= 0.6 is 6.89 Å². The van der Waals surface area contributed by atoms with Gasteiger partial charge >= 0.3 is 0 Å². The molecule has 2 aliphatic rings. The lowest BCUT2D eigenvalue weighted by molar-refractivity contribution is -0.119. The number of aliphatic hydroxyl groups excluding tert-OH is 2. The van der Waals surface area contributed by atoms with Gasteiger partial charge in [-0.15, -0.1) is 13.2 Å². The van der Waals surface area contributed by atoms with Gasteiger partial charge < -0.3 is 30.9 Å². The van der Waals surface area contributed by atoms with Crippen molar-refractivity contribution in [2.24, 2.45) is 5.73 Å². The Kier molecular flexibility index (Phi) is 6.30. The fourth-order valence-electron chi connectivity index (χ4n) is 2.77. The highest BCUT2D eigenvalue weighted by Crippen LogP contribution is 2.38. The van der Waals surface area contributed by atoms with Crippen LogP contribution in [0.5, 0.6) is 0 Å². The molecule has 25 heavy (non-hydrogen) atoms. The van der Waals surface area contributed by atoms with Crippen LogP contribution in [-0.4, -0.2) is 77.9 Å². The predicted molar refractivity (Wildman–Crippen MR) is 101 cm³/mol. The normalized spacial score (nSPS) is 30.8. The zero-order valence-electron chi connectivity index (χ0n) is 14.8. The maximum Gasteiger partial charge on any atom is 0.258 e. The van der Waals surface area contributed by atoms with Crippen LogP contribution in [0.15, 0.2) is 36.3 Å². The second kappa shape index (κ2) is 7.89. The number of nitrogens with zero attached hydrogens (tertiary/aromatic N) is 1. The smallest absolute Gasteiger partial charge is 0.258 e. The molecule has 2 heterocycles. The van der Waals surface area contributed by atoms with Crippen molar-refractivity contribution in [2.75, 3.05) is 26.0 Å². The molecule has 0 spiro atoms. The Morgan fingerprint density at radius 2 is 2.12 bits per heavy atom. The molecule has 0 aliphatic carbocycles. The summed E-state index contributed by atoms with van der Waals surface area (Å²) in [7, 11) is 0. The molecule has 140 valence electrons. The number of carbonyl (C=O) groups excluding carboxylic acids is 1. The minimum absolute atomic E-state index is 0.289. The van der Waals surface area contributed by atoms with E-state index in [4.69, 9.17) is 10.5 Å². The number of aliphatic hydroxyl groups is 2. The van der Waals surface area contributed by atoms with Crippen LogP contribution in [-0.2, 0) is 9.53 Å². The van der Waals surface area contributed by atoms with E-state index in [-0.39, 0.29) is 11.7 Å². The summed E-state index contributed by atoms with van der Waals surface area (Å²) >= 11 is 0. The van der Waals surface area contributed by atoms with Crippen molar-refractivity contribution >= 4 is 19.1 Å². The molecule has 1 amide bonds. The van der Waals surface area contributed by atoms with Crippen molar-refractivity contribution in [2.45, 2.75) is 31.0 Å². The summed E-state index contributed by atoms with van der Waals surface area (Å²) in [6.07, 6.45) is 7.01. The van der Waals surface area contributed by atoms with E-state index < -0.39 is 31.4 Å². The van der Waals surface area contributed by atoms with Gasteiger partial charge in [-0.3, -0.25) is 4.79 Å². The number of ether oxygens (including phenoxy) is 1. The molecule has 1 saturated heterocycles. The van der Waals surface area contributed by atoms with Crippen molar-refractivity contribution in [3.8, 4) is 0 Å². The van der Waals surface area contributed by atoms with Gasteiger partial charge in [0.2, 0.25) is 0 Å². The monoisotopic (exact) mass is 369 g/mol. The van der Waals surface area contributed by atoms with Crippen molar-refractivity contribution < 1.29 is 19.7 Å². The van der Waals surface area contributed by atoms with Gasteiger partial charge in [0, 0.05) is 12.7 Å². The zero-order chi connectivity index (χ0) is 18.8. The molecule has 0 saturated carbocycles. The first-order chi connectivity index (χ1) is 11.6. The number of rotatable bonds is 6. The van der Waals surface area contributed by atoms with Gasteiger partial charge in [0.1, 0.15) is 18.0 Å². The summed E-state index contributed by atoms with van der Waals surface area (Å²) < 4.78 is 5.89. The lowest BCUT2D eigenvalue weighted by Gasteiger charge is -2.34. The molecule has 0 bridgehead atoms. The average Bonchev–Trinajstić information content (AvgIpc) is 2.80. The summed E-state index contributed by atoms with van der Waals surface area (Å²) in [6.45, 7) is 7.08.